The van der Waals surface area contributed by atoms with Gasteiger partial charge < -0.3 is 19.9 Å². The summed E-state index contributed by atoms with van der Waals surface area (Å²) in [5.74, 6) is 0.814. The molecule has 25 heavy (non-hydrogen) atoms. The van der Waals surface area contributed by atoms with Crippen molar-refractivity contribution in [1.82, 2.24) is 4.90 Å². The fraction of sp³-hybridized carbons (Fsp3) is 0.350. The van der Waals surface area contributed by atoms with E-state index < -0.39 is 0 Å². The van der Waals surface area contributed by atoms with Gasteiger partial charge in [0, 0.05) is 38.1 Å². The molecule has 1 fully saturated rings. The van der Waals surface area contributed by atoms with Crippen LogP contribution in [0.5, 0.6) is 5.75 Å². The van der Waals surface area contributed by atoms with Crippen LogP contribution < -0.4 is 15.0 Å². The fourth-order valence-corrected chi connectivity index (χ4v) is 3.05. The summed E-state index contributed by atoms with van der Waals surface area (Å²) in [6.07, 6.45) is 2.47. The molecule has 1 aliphatic heterocycles. The van der Waals surface area contributed by atoms with Crippen molar-refractivity contribution in [2.75, 3.05) is 37.5 Å². The van der Waals surface area contributed by atoms with Crippen molar-refractivity contribution in [3.05, 3.63) is 54.1 Å². The minimum atomic E-state index is -0.116. The van der Waals surface area contributed by atoms with Crippen molar-refractivity contribution in [1.29, 1.82) is 0 Å². The van der Waals surface area contributed by atoms with Gasteiger partial charge in [0.25, 0.3) is 0 Å². The Labute approximate surface area is 149 Å². The Bertz CT molecular complexity index is 709. The molecule has 1 N–H and O–H groups in total. The minimum absolute atomic E-state index is 0.116. The summed E-state index contributed by atoms with van der Waals surface area (Å²) in [5, 5.41) is 2.98. The summed E-state index contributed by atoms with van der Waals surface area (Å²) in [6.45, 7) is 2.73. The second-order valence-corrected chi connectivity index (χ2v) is 6.38. The van der Waals surface area contributed by atoms with Gasteiger partial charge in [-0.05, 0) is 48.7 Å². The first-order valence-corrected chi connectivity index (χ1v) is 8.66. The van der Waals surface area contributed by atoms with Crippen molar-refractivity contribution in [2.45, 2.75) is 19.4 Å². The van der Waals surface area contributed by atoms with E-state index in [2.05, 4.69) is 16.3 Å². The van der Waals surface area contributed by atoms with Crippen molar-refractivity contribution in [2.24, 2.45) is 0 Å². The first-order chi connectivity index (χ1) is 12.2. The number of hydrogen-bond acceptors (Lipinski definition) is 3. The summed E-state index contributed by atoms with van der Waals surface area (Å²) in [5.41, 5.74) is 3.06. The first kappa shape index (κ1) is 17.1. The van der Waals surface area contributed by atoms with Gasteiger partial charge in [-0.2, -0.15) is 0 Å². The van der Waals surface area contributed by atoms with E-state index >= 15 is 0 Å². The molecule has 0 aromatic heterocycles. The number of ether oxygens (including phenoxy) is 1. The molecule has 2 aromatic rings. The second kappa shape index (κ2) is 7.92. The van der Waals surface area contributed by atoms with Gasteiger partial charge in [-0.3, -0.25) is 0 Å². The number of methoxy groups -OCH3 is 1. The van der Waals surface area contributed by atoms with Crippen LogP contribution in [0.25, 0.3) is 0 Å². The van der Waals surface area contributed by atoms with Gasteiger partial charge in [0.05, 0.1) is 7.11 Å². The molecule has 132 valence electrons. The molecule has 0 radical (unpaired) electrons. The van der Waals surface area contributed by atoms with Crippen LogP contribution in [-0.2, 0) is 6.54 Å². The van der Waals surface area contributed by atoms with Gasteiger partial charge >= 0.3 is 6.03 Å². The predicted octanol–water partition coefficient (Wildman–Crippen LogP) is 3.96. The Hall–Kier alpha value is -2.69. The number of urea groups is 1. The smallest absolute Gasteiger partial charge is 0.321 e. The number of hydrogen-bond donors (Lipinski definition) is 1. The first-order valence-electron chi connectivity index (χ1n) is 8.66. The predicted molar refractivity (Wildman–Crippen MR) is 101 cm³/mol. The molecule has 0 spiro atoms. The molecule has 0 aliphatic carbocycles. The SMILES string of the molecule is COc1ccc(CN(C)C(=O)Nc2cccc(N3CCCC3)c2)cc1. The Balaban J connectivity index is 1.59. The molecule has 5 nitrogen and oxygen atoms in total. The lowest BCUT2D eigenvalue weighted by Gasteiger charge is -2.21. The zero-order valence-electron chi connectivity index (χ0n) is 14.9. The molecular formula is C20H25N3O2. The highest BCUT2D eigenvalue weighted by molar-refractivity contribution is 5.89. The highest BCUT2D eigenvalue weighted by Crippen LogP contribution is 2.23. The molecule has 1 aliphatic rings. The molecule has 1 saturated heterocycles. The van der Waals surface area contributed by atoms with Gasteiger partial charge in [-0.25, -0.2) is 4.79 Å². The summed E-state index contributed by atoms with van der Waals surface area (Å²) in [6, 6.07) is 15.7. The van der Waals surface area contributed by atoms with Crippen LogP contribution in [0.1, 0.15) is 18.4 Å². The van der Waals surface area contributed by atoms with Crippen LogP contribution >= 0.6 is 0 Å². The average Bonchev–Trinajstić information content (AvgIpc) is 3.17. The zero-order valence-corrected chi connectivity index (χ0v) is 14.9. The van der Waals surface area contributed by atoms with Crippen LogP contribution in [0.2, 0.25) is 0 Å². The monoisotopic (exact) mass is 339 g/mol. The van der Waals surface area contributed by atoms with Gasteiger partial charge in [0.2, 0.25) is 0 Å². The van der Waals surface area contributed by atoms with E-state index in [9.17, 15) is 4.79 Å². The number of amides is 2. The maximum absolute atomic E-state index is 12.4. The van der Waals surface area contributed by atoms with Gasteiger partial charge in [0.15, 0.2) is 0 Å². The molecule has 2 aromatic carbocycles. The fourth-order valence-electron chi connectivity index (χ4n) is 3.05. The second-order valence-electron chi connectivity index (χ2n) is 6.38. The number of benzene rings is 2. The third kappa shape index (κ3) is 4.44. The Morgan fingerprint density at radius 1 is 1.16 bits per heavy atom. The van der Waals surface area contributed by atoms with Gasteiger partial charge in [0.1, 0.15) is 5.75 Å². The summed E-state index contributed by atoms with van der Waals surface area (Å²) < 4.78 is 5.16. The van der Waals surface area contributed by atoms with Crippen molar-refractivity contribution in [3.63, 3.8) is 0 Å². The maximum atomic E-state index is 12.4. The van der Waals surface area contributed by atoms with Gasteiger partial charge in [-0.1, -0.05) is 18.2 Å². The third-order valence-electron chi connectivity index (χ3n) is 4.49. The van der Waals surface area contributed by atoms with Crippen molar-refractivity contribution < 1.29 is 9.53 Å². The third-order valence-corrected chi connectivity index (χ3v) is 4.49. The van der Waals surface area contributed by atoms with Gasteiger partial charge in [-0.15, -0.1) is 0 Å². The standard InChI is InChI=1S/C20H25N3O2/c1-22(15-16-8-10-19(25-2)11-9-16)20(24)21-17-6-5-7-18(14-17)23-12-3-4-13-23/h5-11,14H,3-4,12-13,15H2,1-2H3,(H,21,24). The molecular weight excluding hydrogens is 314 g/mol. The molecule has 0 saturated carbocycles. The van der Waals surface area contributed by atoms with Crippen molar-refractivity contribution in [3.8, 4) is 5.75 Å². The number of anilines is 2. The summed E-state index contributed by atoms with van der Waals surface area (Å²) in [4.78, 5) is 16.5. The lowest BCUT2D eigenvalue weighted by atomic mass is 10.2. The molecule has 1 heterocycles. The van der Waals surface area contributed by atoms with E-state index in [1.165, 1.54) is 18.5 Å². The molecule has 0 bridgehead atoms. The van der Waals surface area contributed by atoms with E-state index in [1.807, 2.05) is 42.5 Å². The lowest BCUT2D eigenvalue weighted by molar-refractivity contribution is 0.220. The average molecular weight is 339 g/mol. The van der Waals surface area contributed by atoms with Crippen LogP contribution in [0.15, 0.2) is 48.5 Å². The number of nitrogens with zero attached hydrogens (tertiary/aromatic N) is 2. The quantitative estimate of drug-likeness (QED) is 0.897. The number of carbonyl (C=O) groups is 1. The van der Waals surface area contributed by atoms with E-state index in [0.29, 0.717) is 6.54 Å². The lowest BCUT2D eigenvalue weighted by Crippen LogP contribution is -2.30. The highest BCUT2D eigenvalue weighted by Gasteiger charge is 2.14. The summed E-state index contributed by atoms with van der Waals surface area (Å²) >= 11 is 0. The minimum Gasteiger partial charge on any atom is -0.497 e. The largest absolute Gasteiger partial charge is 0.497 e. The zero-order chi connectivity index (χ0) is 17.6. The number of carbonyl (C=O) groups excluding carboxylic acids is 1. The normalized spacial score (nSPS) is 13.6. The van der Waals surface area contributed by atoms with Crippen LogP contribution in [0, 0.1) is 0 Å². The van der Waals surface area contributed by atoms with E-state index in [-0.39, 0.29) is 6.03 Å². The molecule has 3 rings (SSSR count). The van der Waals surface area contributed by atoms with Crippen molar-refractivity contribution >= 4 is 17.4 Å². The molecule has 0 unspecified atom stereocenters. The van der Waals surface area contributed by atoms with Crippen LogP contribution in [-0.4, -0.2) is 38.2 Å². The highest BCUT2D eigenvalue weighted by atomic mass is 16.5. The summed E-state index contributed by atoms with van der Waals surface area (Å²) in [7, 11) is 3.44. The van der Waals surface area contributed by atoms with Crippen LogP contribution in [0.3, 0.4) is 0 Å². The Morgan fingerprint density at radius 3 is 2.56 bits per heavy atom. The number of rotatable bonds is 5. The van der Waals surface area contributed by atoms with E-state index in [4.69, 9.17) is 4.74 Å². The van der Waals surface area contributed by atoms with E-state index in [1.54, 1.807) is 19.1 Å². The maximum Gasteiger partial charge on any atom is 0.321 e. The Kier molecular flexibility index (Phi) is 5.43. The molecule has 5 heteroatoms. The van der Waals surface area contributed by atoms with E-state index in [0.717, 1.165) is 30.1 Å². The number of nitrogens with one attached hydrogen (secondary N) is 1. The topological polar surface area (TPSA) is 44.8 Å². The Morgan fingerprint density at radius 2 is 1.88 bits per heavy atom. The molecule has 0 atom stereocenters. The molecule has 2 amide bonds. The van der Waals surface area contributed by atoms with Crippen LogP contribution in [0.4, 0.5) is 16.2 Å².